The Morgan fingerprint density at radius 1 is 1.33 bits per heavy atom. The summed E-state index contributed by atoms with van der Waals surface area (Å²) in [6.45, 7) is 1.73. The van der Waals surface area contributed by atoms with Crippen LogP contribution in [0.4, 0.5) is 5.69 Å². The zero-order valence-corrected chi connectivity index (χ0v) is 6.28. The number of hydrogen-bond donors (Lipinski definition) is 2. The minimum atomic E-state index is 0. The van der Waals surface area contributed by atoms with Crippen molar-refractivity contribution in [1.82, 2.24) is 0 Å². The van der Waals surface area contributed by atoms with Crippen molar-refractivity contribution in [3.05, 3.63) is 29.8 Å². The molecule has 66 valence electrons. The van der Waals surface area contributed by atoms with Gasteiger partial charge in [0.15, 0.2) is 0 Å². The van der Waals surface area contributed by atoms with Crippen LogP contribution in [0.3, 0.4) is 0 Å². The van der Waals surface area contributed by atoms with E-state index in [-0.39, 0.29) is 7.43 Å². The monoisotopic (exact) mass is 166 g/mol. The number of rotatable bonds is 1. The summed E-state index contributed by atoms with van der Waals surface area (Å²) in [7, 11) is 0. The molecule has 0 aliphatic heterocycles. The fraction of sp³-hybridized carbons (Fsp3) is 0.222. The van der Waals surface area contributed by atoms with Gasteiger partial charge < -0.3 is 10.9 Å². The van der Waals surface area contributed by atoms with Gasteiger partial charge in [0.05, 0.1) is 5.71 Å². The van der Waals surface area contributed by atoms with Crippen LogP contribution >= 0.6 is 0 Å². The van der Waals surface area contributed by atoms with Crippen molar-refractivity contribution in [2.75, 3.05) is 5.73 Å². The first kappa shape index (κ1) is 10.5. The highest BCUT2D eigenvalue weighted by Gasteiger charge is 1.95. The van der Waals surface area contributed by atoms with Crippen LogP contribution in [0.15, 0.2) is 29.4 Å². The summed E-state index contributed by atoms with van der Waals surface area (Å²) in [5, 5.41) is 11.5. The second-order valence-electron chi connectivity index (χ2n) is 2.31. The fourth-order valence-electron chi connectivity index (χ4n) is 0.782. The van der Waals surface area contributed by atoms with Gasteiger partial charge >= 0.3 is 0 Å². The van der Waals surface area contributed by atoms with Crippen molar-refractivity contribution in [2.24, 2.45) is 5.16 Å². The Balaban J connectivity index is 0.00000121. The van der Waals surface area contributed by atoms with Gasteiger partial charge in [-0.2, -0.15) is 0 Å². The summed E-state index contributed by atoms with van der Waals surface area (Å²) in [6, 6.07) is 7.16. The van der Waals surface area contributed by atoms with E-state index >= 15 is 0 Å². The lowest BCUT2D eigenvalue weighted by Crippen LogP contribution is -1.94. The molecule has 1 aromatic rings. The number of hydrogen-bond acceptors (Lipinski definition) is 3. The minimum Gasteiger partial charge on any atom is -0.411 e. The van der Waals surface area contributed by atoms with Crippen molar-refractivity contribution < 1.29 is 5.21 Å². The van der Waals surface area contributed by atoms with Crippen molar-refractivity contribution in [2.45, 2.75) is 14.4 Å². The highest BCUT2D eigenvalue weighted by molar-refractivity contribution is 5.98. The molecule has 0 heterocycles. The smallest absolute Gasteiger partial charge is 0.0836 e. The predicted molar refractivity (Wildman–Crippen MR) is 51.6 cm³/mol. The van der Waals surface area contributed by atoms with Crippen molar-refractivity contribution in [3.63, 3.8) is 0 Å². The Bertz CT molecular complexity index is 264. The summed E-state index contributed by atoms with van der Waals surface area (Å²) in [6.07, 6.45) is 0. The van der Waals surface area contributed by atoms with E-state index in [1.807, 2.05) is 12.1 Å². The third-order valence-electron chi connectivity index (χ3n) is 1.48. The van der Waals surface area contributed by atoms with E-state index < -0.39 is 0 Å². The Morgan fingerprint density at radius 3 is 2.25 bits per heavy atom. The van der Waals surface area contributed by atoms with E-state index in [4.69, 9.17) is 10.9 Å². The second-order valence-corrected chi connectivity index (χ2v) is 2.31. The number of nitrogens with two attached hydrogens (primary N) is 1. The molecule has 0 radical (unpaired) electrons. The number of anilines is 1. The zero-order valence-electron chi connectivity index (χ0n) is 6.28. The zero-order chi connectivity index (χ0) is 8.27. The molecule has 3 N–H and O–H groups in total. The van der Waals surface area contributed by atoms with Crippen LogP contribution in [0.5, 0.6) is 0 Å². The van der Waals surface area contributed by atoms with Gasteiger partial charge in [-0.15, -0.1) is 0 Å². The van der Waals surface area contributed by atoms with Crippen LogP contribution in [0.2, 0.25) is 0 Å². The molecule has 0 saturated carbocycles. The summed E-state index contributed by atoms with van der Waals surface area (Å²) in [4.78, 5) is 0. The van der Waals surface area contributed by atoms with Crippen LogP contribution in [-0.2, 0) is 0 Å². The van der Waals surface area contributed by atoms with Gasteiger partial charge in [-0.05, 0) is 24.6 Å². The molecule has 0 amide bonds. The number of nitrogen functional groups attached to an aromatic ring is 1. The normalized spacial score (nSPS) is 10.6. The van der Waals surface area contributed by atoms with E-state index in [0.29, 0.717) is 11.4 Å². The Morgan fingerprint density at radius 2 is 1.83 bits per heavy atom. The quantitative estimate of drug-likeness (QED) is 0.290. The fourth-order valence-corrected chi connectivity index (χ4v) is 0.782. The van der Waals surface area contributed by atoms with Crippen LogP contribution in [-0.4, -0.2) is 10.9 Å². The molecule has 3 heteroatoms. The molecule has 0 aliphatic carbocycles. The average Bonchev–Trinajstić information content (AvgIpc) is 2.05. The first-order valence-electron chi connectivity index (χ1n) is 3.28. The molecule has 0 bridgehead atoms. The van der Waals surface area contributed by atoms with E-state index in [0.717, 1.165) is 5.56 Å². The standard InChI is InChI=1S/C8H10N2O.CH4/c1-6(10-11)7-2-4-8(9)5-3-7;/h2-5,11H,9H2,1H3;1H4/b10-6+;. The topological polar surface area (TPSA) is 58.6 Å². The molecule has 1 aromatic carbocycles. The average molecular weight is 166 g/mol. The van der Waals surface area contributed by atoms with E-state index in [1.165, 1.54) is 0 Å². The maximum absolute atomic E-state index is 8.41. The number of oxime groups is 1. The van der Waals surface area contributed by atoms with Gasteiger partial charge in [0.1, 0.15) is 0 Å². The van der Waals surface area contributed by atoms with Crippen LogP contribution in [0, 0.1) is 0 Å². The molecule has 0 aliphatic rings. The molecule has 0 saturated heterocycles. The Labute approximate surface area is 72.5 Å². The summed E-state index contributed by atoms with van der Waals surface area (Å²) >= 11 is 0. The molecule has 0 atom stereocenters. The molecular formula is C9H14N2O. The lowest BCUT2D eigenvalue weighted by Gasteiger charge is -1.97. The SMILES string of the molecule is C.C/C(=N\O)c1ccc(N)cc1. The molecule has 3 nitrogen and oxygen atoms in total. The molecular weight excluding hydrogens is 152 g/mol. The van der Waals surface area contributed by atoms with Gasteiger partial charge in [0.25, 0.3) is 0 Å². The lowest BCUT2D eigenvalue weighted by atomic mass is 10.1. The minimum absolute atomic E-state index is 0. The maximum atomic E-state index is 8.41. The third-order valence-corrected chi connectivity index (χ3v) is 1.48. The third kappa shape index (κ3) is 2.27. The van der Waals surface area contributed by atoms with Crippen LogP contribution < -0.4 is 5.73 Å². The molecule has 1 rings (SSSR count). The van der Waals surface area contributed by atoms with Crippen molar-refractivity contribution in [1.29, 1.82) is 0 Å². The van der Waals surface area contributed by atoms with E-state index in [2.05, 4.69) is 5.16 Å². The summed E-state index contributed by atoms with van der Waals surface area (Å²) in [5.74, 6) is 0. The van der Waals surface area contributed by atoms with E-state index in [1.54, 1.807) is 19.1 Å². The second kappa shape index (κ2) is 4.38. The first-order valence-corrected chi connectivity index (χ1v) is 3.28. The predicted octanol–water partition coefficient (Wildman–Crippen LogP) is 2.10. The van der Waals surface area contributed by atoms with Crippen molar-refractivity contribution in [3.8, 4) is 0 Å². The first-order chi connectivity index (χ1) is 5.24. The molecule has 0 spiro atoms. The molecule has 0 aromatic heterocycles. The highest BCUT2D eigenvalue weighted by Crippen LogP contribution is 2.05. The van der Waals surface area contributed by atoms with Crippen LogP contribution in [0.25, 0.3) is 0 Å². The van der Waals surface area contributed by atoms with Gasteiger partial charge in [-0.1, -0.05) is 24.7 Å². The molecule has 12 heavy (non-hydrogen) atoms. The summed E-state index contributed by atoms with van der Waals surface area (Å²) in [5.41, 5.74) is 7.64. The Kier molecular flexibility index (Phi) is 3.83. The molecule has 0 unspecified atom stereocenters. The summed E-state index contributed by atoms with van der Waals surface area (Å²) < 4.78 is 0. The number of nitrogens with zero attached hydrogens (tertiary/aromatic N) is 1. The largest absolute Gasteiger partial charge is 0.411 e. The highest BCUT2D eigenvalue weighted by atomic mass is 16.4. The molecule has 0 fully saturated rings. The van der Waals surface area contributed by atoms with Crippen LogP contribution in [0.1, 0.15) is 19.9 Å². The van der Waals surface area contributed by atoms with Gasteiger partial charge in [-0.3, -0.25) is 0 Å². The lowest BCUT2D eigenvalue weighted by molar-refractivity contribution is 0.319. The number of benzene rings is 1. The van der Waals surface area contributed by atoms with Gasteiger partial charge in [0, 0.05) is 5.69 Å². The van der Waals surface area contributed by atoms with Gasteiger partial charge in [0.2, 0.25) is 0 Å². The van der Waals surface area contributed by atoms with Crippen molar-refractivity contribution >= 4 is 11.4 Å². The maximum Gasteiger partial charge on any atom is 0.0836 e. The van der Waals surface area contributed by atoms with E-state index in [9.17, 15) is 0 Å². The van der Waals surface area contributed by atoms with Gasteiger partial charge in [-0.25, -0.2) is 0 Å². The Hall–Kier alpha value is -1.51.